The van der Waals surface area contributed by atoms with E-state index in [0.29, 0.717) is 5.92 Å². The molecule has 1 heterocycles. The number of nitrogens with one attached hydrogen (secondary N) is 3. The van der Waals surface area contributed by atoms with Gasteiger partial charge < -0.3 is 15.4 Å². The normalized spacial score (nSPS) is 22.2. The molecule has 0 bridgehead atoms. The minimum Gasteiger partial charge on any atom is -0.378 e. The molecular formula is C13H28ClN3O4S. The van der Waals surface area contributed by atoms with E-state index in [4.69, 9.17) is 4.74 Å². The van der Waals surface area contributed by atoms with Gasteiger partial charge in [-0.3, -0.25) is 4.79 Å². The number of hydrogen-bond acceptors (Lipinski definition) is 5. The first-order valence-corrected chi connectivity index (χ1v) is 9.04. The monoisotopic (exact) mass is 357 g/mol. The van der Waals surface area contributed by atoms with Gasteiger partial charge in [0.2, 0.25) is 15.9 Å². The van der Waals surface area contributed by atoms with Crippen LogP contribution in [-0.4, -0.2) is 58.5 Å². The molecule has 0 spiro atoms. The van der Waals surface area contributed by atoms with Crippen LogP contribution in [0.15, 0.2) is 0 Å². The van der Waals surface area contributed by atoms with Crippen molar-refractivity contribution in [3.05, 3.63) is 0 Å². The van der Waals surface area contributed by atoms with Crippen molar-refractivity contribution in [2.45, 2.75) is 39.3 Å². The van der Waals surface area contributed by atoms with Crippen molar-refractivity contribution >= 4 is 28.3 Å². The van der Waals surface area contributed by atoms with E-state index < -0.39 is 10.0 Å². The lowest BCUT2D eigenvalue weighted by atomic mass is 9.95. The van der Waals surface area contributed by atoms with Gasteiger partial charge in [-0.15, -0.1) is 12.4 Å². The molecule has 1 fully saturated rings. The molecule has 22 heavy (non-hydrogen) atoms. The van der Waals surface area contributed by atoms with Crippen molar-refractivity contribution in [2.75, 3.05) is 32.0 Å². The predicted molar refractivity (Wildman–Crippen MR) is 88.7 cm³/mol. The van der Waals surface area contributed by atoms with E-state index in [1.807, 2.05) is 13.8 Å². The highest BCUT2D eigenvalue weighted by atomic mass is 35.5. The summed E-state index contributed by atoms with van der Waals surface area (Å²) >= 11 is 0. The third-order valence-corrected chi connectivity index (χ3v) is 4.72. The summed E-state index contributed by atoms with van der Waals surface area (Å²) < 4.78 is 30.9. The van der Waals surface area contributed by atoms with Crippen LogP contribution in [0.5, 0.6) is 0 Å². The van der Waals surface area contributed by atoms with Gasteiger partial charge in [0.05, 0.1) is 25.0 Å². The average Bonchev–Trinajstić information content (AvgIpc) is 2.39. The third kappa shape index (κ3) is 8.89. The van der Waals surface area contributed by atoms with Gasteiger partial charge in [-0.05, 0) is 32.7 Å². The van der Waals surface area contributed by atoms with Gasteiger partial charge in [0, 0.05) is 12.6 Å². The van der Waals surface area contributed by atoms with Gasteiger partial charge in [0.15, 0.2) is 0 Å². The Bertz CT molecular complexity index is 431. The van der Waals surface area contributed by atoms with E-state index >= 15 is 0 Å². The van der Waals surface area contributed by atoms with Crippen LogP contribution in [0.2, 0.25) is 0 Å². The maximum Gasteiger partial charge on any atom is 0.235 e. The Morgan fingerprint density at radius 3 is 2.68 bits per heavy atom. The van der Waals surface area contributed by atoms with Crippen LogP contribution in [0.3, 0.4) is 0 Å². The Labute approximate surface area is 139 Å². The molecule has 0 aromatic heterocycles. The molecule has 7 nitrogen and oxygen atoms in total. The average molecular weight is 358 g/mol. The van der Waals surface area contributed by atoms with Gasteiger partial charge >= 0.3 is 0 Å². The van der Waals surface area contributed by atoms with Crippen LogP contribution in [0, 0.1) is 5.92 Å². The van der Waals surface area contributed by atoms with Gasteiger partial charge in [-0.25, -0.2) is 13.1 Å². The van der Waals surface area contributed by atoms with Crippen LogP contribution in [0.4, 0.5) is 0 Å². The molecule has 132 valence electrons. The number of piperidine rings is 1. The van der Waals surface area contributed by atoms with E-state index in [1.54, 1.807) is 0 Å². The van der Waals surface area contributed by atoms with E-state index in [2.05, 4.69) is 22.3 Å². The van der Waals surface area contributed by atoms with E-state index in [9.17, 15) is 13.2 Å². The molecule has 9 heteroatoms. The molecule has 1 saturated heterocycles. The highest BCUT2D eigenvalue weighted by Gasteiger charge is 2.23. The topological polar surface area (TPSA) is 96.5 Å². The van der Waals surface area contributed by atoms with Gasteiger partial charge in [-0.2, -0.15) is 0 Å². The van der Waals surface area contributed by atoms with Crippen molar-refractivity contribution in [3.8, 4) is 0 Å². The lowest BCUT2D eigenvalue weighted by Crippen LogP contribution is -2.52. The first-order chi connectivity index (χ1) is 9.80. The fourth-order valence-electron chi connectivity index (χ4n) is 2.08. The maximum atomic E-state index is 11.8. The molecule has 1 aliphatic heterocycles. The number of hydrogen-bond donors (Lipinski definition) is 3. The second-order valence-corrected chi connectivity index (χ2v) is 7.63. The minimum atomic E-state index is -3.48. The number of rotatable bonds is 8. The summed E-state index contributed by atoms with van der Waals surface area (Å²) in [5.74, 6) is -0.0463. The van der Waals surface area contributed by atoms with Crippen molar-refractivity contribution in [1.29, 1.82) is 0 Å². The Kier molecular flexibility index (Phi) is 10.2. The summed E-state index contributed by atoms with van der Waals surface area (Å²) in [6.07, 6.45) is 0.993. The van der Waals surface area contributed by atoms with E-state index in [-0.39, 0.29) is 49.4 Å². The summed E-state index contributed by atoms with van der Waals surface area (Å²) in [5.41, 5.74) is 0. The molecule has 1 amide bonds. The van der Waals surface area contributed by atoms with Crippen molar-refractivity contribution in [2.24, 2.45) is 5.92 Å². The van der Waals surface area contributed by atoms with Crippen LogP contribution >= 0.6 is 12.4 Å². The summed E-state index contributed by atoms with van der Waals surface area (Å²) in [6.45, 7) is 7.34. The molecule has 0 aromatic rings. The van der Waals surface area contributed by atoms with Crippen LogP contribution in [0.1, 0.15) is 27.2 Å². The lowest BCUT2D eigenvalue weighted by Gasteiger charge is -2.30. The minimum absolute atomic E-state index is 0. The van der Waals surface area contributed by atoms with Gasteiger partial charge in [0.25, 0.3) is 0 Å². The number of halogens is 1. The number of carbonyl (C=O) groups excluding carboxylic acids is 1. The standard InChI is InChI=1S/C13H27N3O4S.ClH/c1-10(2)20-6-7-21(18,19)15-9-13(17)16-12-8-14-5-4-11(12)3;/h10-12,14-15H,4-9H2,1-3H3,(H,16,17);1H. The summed E-state index contributed by atoms with van der Waals surface area (Å²) in [5, 5.41) is 6.07. The summed E-state index contributed by atoms with van der Waals surface area (Å²) in [7, 11) is -3.48. The highest BCUT2D eigenvalue weighted by molar-refractivity contribution is 7.89. The smallest absolute Gasteiger partial charge is 0.235 e. The van der Waals surface area contributed by atoms with E-state index in [1.165, 1.54) is 0 Å². The van der Waals surface area contributed by atoms with Crippen LogP contribution in [0.25, 0.3) is 0 Å². The van der Waals surface area contributed by atoms with Crippen LogP contribution < -0.4 is 15.4 Å². The molecular weight excluding hydrogens is 330 g/mol. The highest BCUT2D eigenvalue weighted by Crippen LogP contribution is 2.10. The largest absolute Gasteiger partial charge is 0.378 e. The molecule has 0 aromatic carbocycles. The fraction of sp³-hybridized carbons (Fsp3) is 0.923. The van der Waals surface area contributed by atoms with Crippen molar-refractivity contribution in [1.82, 2.24) is 15.4 Å². The molecule has 2 unspecified atom stereocenters. The Balaban J connectivity index is 0.00000441. The van der Waals surface area contributed by atoms with Crippen LogP contribution in [-0.2, 0) is 19.6 Å². The zero-order valence-corrected chi connectivity index (χ0v) is 15.1. The zero-order chi connectivity index (χ0) is 15.9. The number of ether oxygens (including phenoxy) is 1. The second kappa shape index (κ2) is 10.4. The molecule has 0 radical (unpaired) electrons. The Morgan fingerprint density at radius 1 is 1.41 bits per heavy atom. The zero-order valence-electron chi connectivity index (χ0n) is 13.4. The molecule has 0 saturated carbocycles. The fourth-order valence-corrected chi connectivity index (χ4v) is 2.89. The second-order valence-electron chi connectivity index (χ2n) is 5.70. The number of sulfonamides is 1. The maximum absolute atomic E-state index is 11.8. The van der Waals surface area contributed by atoms with Gasteiger partial charge in [-0.1, -0.05) is 6.92 Å². The van der Waals surface area contributed by atoms with E-state index in [0.717, 1.165) is 19.5 Å². The summed E-state index contributed by atoms with van der Waals surface area (Å²) in [6, 6.07) is 0.0556. The quantitative estimate of drug-likeness (QED) is 0.562. The Morgan fingerprint density at radius 2 is 2.09 bits per heavy atom. The van der Waals surface area contributed by atoms with Crippen molar-refractivity contribution < 1.29 is 17.9 Å². The SMILES string of the molecule is CC(C)OCCS(=O)(=O)NCC(=O)NC1CNCCC1C.Cl. The number of carbonyl (C=O) groups is 1. The lowest BCUT2D eigenvalue weighted by molar-refractivity contribution is -0.121. The first kappa shape index (κ1) is 21.6. The first-order valence-electron chi connectivity index (χ1n) is 7.39. The molecule has 1 rings (SSSR count). The molecule has 3 N–H and O–H groups in total. The number of amides is 1. The molecule has 1 aliphatic rings. The molecule has 2 atom stereocenters. The Hall–Kier alpha value is -0.410. The predicted octanol–water partition coefficient (Wildman–Crippen LogP) is -0.133. The molecule has 0 aliphatic carbocycles. The summed E-state index contributed by atoms with van der Waals surface area (Å²) in [4.78, 5) is 11.8. The van der Waals surface area contributed by atoms with Crippen molar-refractivity contribution in [3.63, 3.8) is 0 Å². The van der Waals surface area contributed by atoms with Gasteiger partial charge in [0.1, 0.15) is 0 Å². The third-order valence-electron chi connectivity index (χ3n) is 3.43.